The van der Waals surface area contributed by atoms with Crippen LogP contribution in [0.1, 0.15) is 126 Å². The highest BCUT2D eigenvalue weighted by Gasteiger charge is 2.67. The average molecular weight is 718 g/mol. The molecule has 290 valence electrons. The second kappa shape index (κ2) is 16.4. The number of hydrogen-bond acceptors (Lipinski definition) is 6. The molecule has 5 unspecified atom stereocenters. The lowest BCUT2D eigenvalue weighted by molar-refractivity contribution is -0.220. The number of halogens is 2. The molecule has 7 nitrogen and oxygen atoms in total. The molecule has 10 atom stereocenters. The van der Waals surface area contributed by atoms with Crippen molar-refractivity contribution < 1.29 is 27.8 Å². The van der Waals surface area contributed by atoms with Crippen molar-refractivity contribution in [1.29, 1.82) is 0 Å². The maximum Gasteiger partial charge on any atom is 0.219 e. The number of rotatable bonds is 12. The molecule has 9 heteroatoms. The molecule has 1 aliphatic carbocycles. The van der Waals surface area contributed by atoms with E-state index in [0.717, 1.165) is 51.1 Å². The number of nitrogens with zero attached hydrogens (tertiary/aromatic N) is 1. The van der Waals surface area contributed by atoms with Crippen LogP contribution in [0.15, 0.2) is 18.2 Å². The van der Waals surface area contributed by atoms with E-state index in [4.69, 9.17) is 14.2 Å². The van der Waals surface area contributed by atoms with Crippen LogP contribution in [0, 0.1) is 45.1 Å². The summed E-state index contributed by atoms with van der Waals surface area (Å²) in [7, 11) is 0. The third-order valence-corrected chi connectivity index (χ3v) is 13.7. The Hall–Kier alpha value is -1.65. The van der Waals surface area contributed by atoms with Gasteiger partial charge in [-0.1, -0.05) is 68.2 Å². The zero-order valence-corrected chi connectivity index (χ0v) is 33.2. The molecule has 2 N–H and O–H groups in total. The molecule has 3 aliphatic heterocycles. The van der Waals surface area contributed by atoms with Crippen LogP contribution in [0.3, 0.4) is 0 Å². The first-order valence-corrected chi connectivity index (χ1v) is 20.1. The minimum absolute atomic E-state index is 0.0290. The number of nitrogens with one attached hydrogen (secondary N) is 2. The number of amides is 1. The monoisotopic (exact) mass is 718 g/mol. The fourth-order valence-electron chi connectivity index (χ4n) is 10.5. The number of carbonyl (C=O) groups is 1. The van der Waals surface area contributed by atoms with E-state index in [-0.39, 0.29) is 52.2 Å². The van der Waals surface area contributed by atoms with E-state index >= 15 is 0 Å². The van der Waals surface area contributed by atoms with Crippen molar-refractivity contribution in [1.82, 2.24) is 15.5 Å². The van der Waals surface area contributed by atoms with Crippen molar-refractivity contribution in [3.8, 4) is 0 Å². The summed E-state index contributed by atoms with van der Waals surface area (Å²) in [5, 5.41) is 7.58. The van der Waals surface area contributed by atoms with E-state index in [9.17, 15) is 13.6 Å². The fraction of sp³-hybridized carbons (Fsp3) is 0.833. The fourth-order valence-corrected chi connectivity index (χ4v) is 10.5. The maximum atomic E-state index is 13.8. The Morgan fingerprint density at radius 1 is 1.16 bits per heavy atom. The van der Waals surface area contributed by atoms with Crippen LogP contribution in [0.5, 0.6) is 0 Å². The van der Waals surface area contributed by atoms with E-state index < -0.39 is 11.6 Å². The first-order chi connectivity index (χ1) is 24.0. The molecule has 51 heavy (non-hydrogen) atoms. The van der Waals surface area contributed by atoms with Gasteiger partial charge in [-0.2, -0.15) is 0 Å². The third-order valence-electron chi connectivity index (χ3n) is 13.7. The first kappa shape index (κ1) is 40.5. The van der Waals surface area contributed by atoms with Gasteiger partial charge in [-0.3, -0.25) is 4.79 Å². The molecule has 0 radical (unpaired) electrons. The van der Waals surface area contributed by atoms with Crippen molar-refractivity contribution in [3.05, 3.63) is 35.4 Å². The van der Waals surface area contributed by atoms with Gasteiger partial charge in [0.15, 0.2) is 6.29 Å². The van der Waals surface area contributed by atoms with Gasteiger partial charge < -0.3 is 29.7 Å². The van der Waals surface area contributed by atoms with Gasteiger partial charge in [-0.05, 0) is 96.1 Å². The van der Waals surface area contributed by atoms with Crippen molar-refractivity contribution in [2.24, 2.45) is 33.5 Å². The molecular weight excluding hydrogens is 648 g/mol. The molecule has 0 bridgehead atoms. The Kier molecular flexibility index (Phi) is 13.0. The van der Waals surface area contributed by atoms with Crippen LogP contribution in [0.2, 0.25) is 0 Å². The zero-order chi connectivity index (χ0) is 37.2. The summed E-state index contributed by atoms with van der Waals surface area (Å²) in [6.07, 6.45) is 9.91. The number of benzene rings is 1. The van der Waals surface area contributed by atoms with Crippen LogP contribution in [0.25, 0.3) is 0 Å². The number of hydrogen-bond donors (Lipinski definition) is 2. The minimum Gasteiger partial charge on any atom is -0.372 e. The van der Waals surface area contributed by atoms with Crippen LogP contribution in [-0.4, -0.2) is 74.2 Å². The topological polar surface area (TPSA) is 72.1 Å². The lowest BCUT2D eigenvalue weighted by atomic mass is 9.61. The molecule has 4 aliphatic rings. The van der Waals surface area contributed by atoms with Gasteiger partial charge in [0, 0.05) is 45.2 Å². The standard InChI is InChI=1S/C42H69F2N3O4/c1-10-12-35-42(27-41(42,9)14-13-36(39(5,6)7)51-37-26-47(29(4)48)17-18-49-37)16-15-40(8,11-2)38-28(3)19-33(50-34(38)25-46-35)24-45-23-30-20-31(43)22-32(44)21-30/h20-22,28,33-38,45-46H,10-19,23-27H2,1-9H3/t28-,33?,34?,35-,36?,37?,38?,40-,41-,42+/m1/s1. The Bertz CT molecular complexity index is 1310. The van der Waals surface area contributed by atoms with Gasteiger partial charge in [-0.25, -0.2) is 8.78 Å². The number of carbonyl (C=O) groups excluding carboxylic acids is 1. The van der Waals surface area contributed by atoms with Gasteiger partial charge in [0.05, 0.1) is 31.5 Å². The first-order valence-electron chi connectivity index (χ1n) is 20.1. The Morgan fingerprint density at radius 3 is 2.53 bits per heavy atom. The highest BCUT2D eigenvalue weighted by atomic mass is 19.1. The Balaban J connectivity index is 1.28. The highest BCUT2D eigenvalue weighted by Crippen LogP contribution is 2.72. The molecule has 1 spiro atoms. The molecule has 4 fully saturated rings. The normalized spacial score (nSPS) is 36.6. The van der Waals surface area contributed by atoms with Crippen LogP contribution in [0.4, 0.5) is 8.78 Å². The van der Waals surface area contributed by atoms with Gasteiger partial charge in [0.25, 0.3) is 0 Å². The summed E-state index contributed by atoms with van der Waals surface area (Å²) in [4.78, 5) is 13.9. The van der Waals surface area contributed by atoms with E-state index in [1.807, 2.05) is 4.90 Å². The molecule has 5 rings (SSSR count). The van der Waals surface area contributed by atoms with Gasteiger partial charge >= 0.3 is 0 Å². The van der Waals surface area contributed by atoms with Gasteiger partial charge in [0.1, 0.15) is 11.6 Å². The summed E-state index contributed by atoms with van der Waals surface area (Å²) < 4.78 is 47.2. The summed E-state index contributed by atoms with van der Waals surface area (Å²) in [5.41, 5.74) is 1.17. The molecule has 1 aromatic rings. The highest BCUT2D eigenvalue weighted by molar-refractivity contribution is 5.73. The van der Waals surface area contributed by atoms with Crippen LogP contribution >= 0.6 is 0 Å². The molecule has 1 saturated carbocycles. The molecule has 3 saturated heterocycles. The lowest BCUT2D eigenvalue weighted by Crippen LogP contribution is -2.53. The van der Waals surface area contributed by atoms with E-state index in [1.165, 1.54) is 31.4 Å². The van der Waals surface area contributed by atoms with Crippen molar-refractivity contribution in [3.63, 3.8) is 0 Å². The second-order valence-corrected chi connectivity index (χ2v) is 18.4. The predicted octanol–water partition coefficient (Wildman–Crippen LogP) is 8.25. The largest absolute Gasteiger partial charge is 0.372 e. The summed E-state index contributed by atoms with van der Waals surface area (Å²) in [5.74, 6) is -0.0562. The zero-order valence-electron chi connectivity index (χ0n) is 33.2. The summed E-state index contributed by atoms with van der Waals surface area (Å²) in [6, 6.07) is 4.13. The van der Waals surface area contributed by atoms with Crippen molar-refractivity contribution in [2.75, 3.05) is 32.8 Å². The van der Waals surface area contributed by atoms with E-state index in [1.54, 1.807) is 6.92 Å². The SMILES string of the molecule is CCC[C@H]1NCC2OC(CNCc3cc(F)cc(F)c3)C[C@@H](C)C2[C@](C)(CC)CC[C@]12C[C@@]2(C)CCC(OC1CN(C(C)=O)CCO1)C(C)(C)C. The lowest BCUT2D eigenvalue weighted by Gasteiger charge is -2.50. The summed E-state index contributed by atoms with van der Waals surface area (Å²) in [6.45, 7) is 24.1. The quantitative estimate of drug-likeness (QED) is 0.227. The average Bonchev–Trinajstić information content (AvgIpc) is 3.65. The number of ether oxygens (including phenoxy) is 3. The second-order valence-electron chi connectivity index (χ2n) is 18.4. The van der Waals surface area contributed by atoms with Gasteiger partial charge in [0.2, 0.25) is 5.91 Å². The Morgan fingerprint density at radius 2 is 1.88 bits per heavy atom. The minimum atomic E-state index is -0.544. The smallest absolute Gasteiger partial charge is 0.219 e. The predicted molar refractivity (Wildman–Crippen MR) is 199 cm³/mol. The van der Waals surface area contributed by atoms with Gasteiger partial charge in [-0.15, -0.1) is 0 Å². The maximum absolute atomic E-state index is 13.8. The molecule has 1 aromatic carbocycles. The molecule has 1 amide bonds. The third kappa shape index (κ3) is 9.36. The Labute approximate surface area is 307 Å². The van der Waals surface area contributed by atoms with Crippen molar-refractivity contribution in [2.45, 2.75) is 157 Å². The van der Waals surface area contributed by atoms with Crippen molar-refractivity contribution >= 4 is 5.91 Å². The molecule has 0 aromatic heterocycles. The molecular formula is C42H69F2N3O4. The van der Waals surface area contributed by atoms with Crippen LogP contribution in [-0.2, 0) is 25.5 Å². The number of morpholine rings is 1. The summed E-state index contributed by atoms with van der Waals surface area (Å²) >= 11 is 0. The number of fused-ring (bicyclic) bond motifs is 1. The van der Waals surface area contributed by atoms with E-state index in [0.29, 0.717) is 56.2 Å². The van der Waals surface area contributed by atoms with E-state index in [2.05, 4.69) is 66.0 Å². The van der Waals surface area contributed by atoms with Crippen LogP contribution < -0.4 is 10.6 Å². The molecule has 3 heterocycles.